The third kappa shape index (κ3) is 1.31. The van der Waals surface area contributed by atoms with Crippen LogP contribution in [-0.2, 0) is 10.0 Å². The van der Waals surface area contributed by atoms with Crippen LogP contribution in [0.1, 0.15) is 1.37 Å². The molecule has 1 heterocycles. The van der Waals surface area contributed by atoms with Crippen LogP contribution in [-0.4, -0.2) is 17.9 Å². The van der Waals surface area contributed by atoms with Gasteiger partial charge in [0.05, 0.1) is 1.37 Å². The van der Waals surface area contributed by atoms with Gasteiger partial charge in [-0.2, -0.15) is 21.6 Å². The topological polar surface area (TPSA) is 39.1 Å². The lowest BCUT2D eigenvalue weighted by molar-refractivity contribution is -0.0446. The first-order valence-electron chi connectivity index (χ1n) is 3.21. The number of hydrogen-bond acceptors (Lipinski definition) is 2. The fourth-order valence-electron chi connectivity index (χ4n) is 0.545. The molecule has 0 saturated heterocycles. The molecule has 1 aromatic heterocycles. The van der Waals surface area contributed by atoms with Gasteiger partial charge < -0.3 is 0 Å². The van der Waals surface area contributed by atoms with E-state index in [0.29, 0.717) is 12.4 Å². The molecule has 12 heavy (non-hydrogen) atoms. The van der Waals surface area contributed by atoms with E-state index in [2.05, 4.69) is 0 Å². The zero-order valence-electron chi connectivity index (χ0n) is 6.54. The summed E-state index contributed by atoms with van der Waals surface area (Å²) in [7, 11) is -5.36. The van der Waals surface area contributed by atoms with Crippen molar-refractivity contribution >= 4 is 10.0 Å². The van der Waals surface area contributed by atoms with Crippen LogP contribution in [0.15, 0.2) is 24.5 Å². The van der Waals surface area contributed by atoms with E-state index >= 15 is 0 Å². The van der Waals surface area contributed by atoms with Crippen molar-refractivity contribution in [2.24, 2.45) is 0 Å². The average Bonchev–Trinajstić information content (AvgIpc) is 2.33. The van der Waals surface area contributed by atoms with E-state index in [1.165, 1.54) is 0 Å². The Morgan fingerprint density at radius 3 is 2.25 bits per heavy atom. The number of hydrogen-bond donors (Lipinski definition) is 0. The number of alkyl halides is 3. The first-order chi connectivity index (χ1) is 5.75. The van der Waals surface area contributed by atoms with Crippen molar-refractivity contribution in [2.75, 3.05) is 0 Å². The molecule has 0 unspecified atom stereocenters. The van der Waals surface area contributed by atoms with Gasteiger partial charge in [-0.1, -0.05) is 0 Å². The summed E-state index contributed by atoms with van der Waals surface area (Å²) >= 11 is 0. The number of nitrogens with zero attached hydrogens (tertiary/aromatic N) is 1. The van der Waals surface area contributed by atoms with Gasteiger partial charge in [0.25, 0.3) is 0 Å². The Morgan fingerprint density at radius 2 is 1.92 bits per heavy atom. The summed E-state index contributed by atoms with van der Waals surface area (Å²) < 4.78 is 63.6. The molecule has 0 aliphatic rings. The lowest BCUT2D eigenvalue weighted by atomic mass is 10.7. The van der Waals surface area contributed by atoms with Crippen LogP contribution < -0.4 is 0 Å². The van der Waals surface area contributed by atoms with Gasteiger partial charge in [0.15, 0.2) is 0 Å². The van der Waals surface area contributed by atoms with Gasteiger partial charge in [-0.15, -0.1) is 0 Å². The highest BCUT2D eigenvalue weighted by molar-refractivity contribution is 7.90. The summed E-state index contributed by atoms with van der Waals surface area (Å²) in [5.74, 6) is 0. The van der Waals surface area contributed by atoms with Gasteiger partial charge in [0.1, 0.15) is 0 Å². The van der Waals surface area contributed by atoms with Crippen molar-refractivity contribution in [3.63, 3.8) is 0 Å². The van der Waals surface area contributed by atoms with E-state index in [1.54, 1.807) is 0 Å². The van der Waals surface area contributed by atoms with Crippen LogP contribution in [0.4, 0.5) is 13.2 Å². The maximum absolute atomic E-state index is 11.9. The Bertz CT molecular complexity index is 408. The lowest BCUT2D eigenvalue weighted by Gasteiger charge is -2.07. The molecule has 0 saturated carbocycles. The minimum Gasteiger partial charge on any atom is -0.245 e. The molecule has 0 N–H and O–H groups in total. The fourth-order valence-corrected chi connectivity index (χ4v) is 1.20. The zero-order chi connectivity index (χ0) is 10.3. The summed E-state index contributed by atoms with van der Waals surface area (Å²) in [6.07, 6.45) is 1.24. The minimum absolute atomic E-state index is 0.0324. The monoisotopic (exact) mass is 200 g/mol. The lowest BCUT2D eigenvalue weighted by Crippen LogP contribution is -2.28. The Balaban J connectivity index is 3.24. The molecule has 0 aliphatic heterocycles. The standard InChI is InChI=1S/C5H4F3NO2S/c6-5(7,8)12(10,11)9-3-1-2-4-9/h1-4H/i1D. The number of rotatable bonds is 1. The van der Waals surface area contributed by atoms with Crippen molar-refractivity contribution < 1.29 is 23.0 Å². The molecule has 68 valence electrons. The SMILES string of the molecule is [2H]c1ccn(S(=O)(=O)C(F)(F)F)c1. The zero-order valence-corrected chi connectivity index (χ0v) is 6.35. The molecule has 7 heteroatoms. The summed E-state index contributed by atoms with van der Waals surface area (Å²) in [5, 5.41) is 0. The van der Waals surface area contributed by atoms with Gasteiger partial charge in [-0.05, 0) is 12.1 Å². The molecule has 0 atom stereocenters. The normalized spacial score (nSPS) is 14.4. The first-order valence-corrected chi connectivity index (χ1v) is 4.15. The second-order valence-electron chi connectivity index (χ2n) is 1.89. The van der Waals surface area contributed by atoms with Crippen LogP contribution >= 0.6 is 0 Å². The molecular formula is C5H4F3NO2S. The van der Waals surface area contributed by atoms with E-state index in [9.17, 15) is 21.6 Å². The van der Waals surface area contributed by atoms with Crippen LogP contribution in [0.3, 0.4) is 0 Å². The molecule has 0 aromatic carbocycles. The van der Waals surface area contributed by atoms with Gasteiger partial charge in [0.2, 0.25) is 0 Å². The molecule has 1 aromatic rings. The molecule has 0 bridgehead atoms. The van der Waals surface area contributed by atoms with Crippen molar-refractivity contribution in [1.82, 2.24) is 3.97 Å². The molecule has 0 radical (unpaired) electrons. The van der Waals surface area contributed by atoms with Gasteiger partial charge in [-0.3, -0.25) is 0 Å². The molecule has 0 fully saturated rings. The average molecular weight is 200 g/mol. The van der Waals surface area contributed by atoms with E-state index in [4.69, 9.17) is 1.37 Å². The summed E-state index contributed by atoms with van der Waals surface area (Å²) in [5.41, 5.74) is -5.33. The fraction of sp³-hybridized carbons (Fsp3) is 0.200. The van der Waals surface area contributed by atoms with Gasteiger partial charge in [0, 0.05) is 12.4 Å². The maximum atomic E-state index is 11.9. The Labute approximate surface area is 67.9 Å². The van der Waals surface area contributed by atoms with E-state index in [-0.39, 0.29) is 10.0 Å². The van der Waals surface area contributed by atoms with Crippen LogP contribution in [0.5, 0.6) is 0 Å². The van der Waals surface area contributed by atoms with Crippen LogP contribution in [0.25, 0.3) is 0 Å². The predicted octanol–water partition coefficient (Wildman–Crippen LogP) is 1.19. The summed E-state index contributed by atoms with van der Waals surface area (Å²) in [6.45, 7) is 0. The molecule has 1 rings (SSSR count). The highest BCUT2D eigenvalue weighted by Crippen LogP contribution is 2.24. The smallest absolute Gasteiger partial charge is 0.245 e. The maximum Gasteiger partial charge on any atom is 0.517 e. The molecule has 0 amide bonds. The van der Waals surface area contributed by atoms with Crippen molar-refractivity contribution in [2.45, 2.75) is 5.51 Å². The Kier molecular flexibility index (Phi) is 1.60. The first kappa shape index (κ1) is 7.66. The van der Waals surface area contributed by atoms with Crippen molar-refractivity contribution in [3.8, 4) is 0 Å². The van der Waals surface area contributed by atoms with E-state index in [0.717, 1.165) is 6.07 Å². The highest BCUT2D eigenvalue weighted by Gasteiger charge is 2.46. The summed E-state index contributed by atoms with van der Waals surface area (Å²) in [6, 6.07) is 0.649. The molecule has 3 nitrogen and oxygen atoms in total. The van der Waals surface area contributed by atoms with Gasteiger partial charge in [-0.25, -0.2) is 3.97 Å². The molecular weight excluding hydrogens is 195 g/mol. The molecule has 0 aliphatic carbocycles. The summed E-state index contributed by atoms with van der Waals surface area (Å²) in [4.78, 5) is 0. The Hall–Kier alpha value is -0.980. The predicted molar refractivity (Wildman–Crippen MR) is 34.8 cm³/mol. The largest absolute Gasteiger partial charge is 0.517 e. The Morgan fingerprint density at radius 1 is 1.33 bits per heavy atom. The highest BCUT2D eigenvalue weighted by atomic mass is 32.2. The van der Waals surface area contributed by atoms with Gasteiger partial charge >= 0.3 is 15.5 Å². The van der Waals surface area contributed by atoms with Crippen molar-refractivity contribution in [3.05, 3.63) is 24.5 Å². The van der Waals surface area contributed by atoms with E-state index in [1.807, 2.05) is 0 Å². The van der Waals surface area contributed by atoms with E-state index < -0.39 is 15.5 Å². The second-order valence-corrected chi connectivity index (χ2v) is 3.73. The third-order valence-electron chi connectivity index (χ3n) is 1.09. The number of halogens is 3. The second kappa shape index (κ2) is 2.51. The quantitative estimate of drug-likeness (QED) is 0.682. The van der Waals surface area contributed by atoms with Crippen LogP contribution in [0, 0.1) is 0 Å². The van der Waals surface area contributed by atoms with Crippen LogP contribution in [0.2, 0.25) is 0 Å². The number of aromatic nitrogens is 1. The minimum atomic E-state index is -5.36. The third-order valence-corrected chi connectivity index (χ3v) is 2.46. The van der Waals surface area contributed by atoms with Crippen molar-refractivity contribution in [1.29, 1.82) is 0 Å². The molecule has 0 spiro atoms.